The molecule has 0 aliphatic carbocycles. The highest BCUT2D eigenvalue weighted by molar-refractivity contribution is 7.91. The summed E-state index contributed by atoms with van der Waals surface area (Å²) < 4.78 is 34.1. The van der Waals surface area contributed by atoms with Crippen molar-refractivity contribution in [1.29, 1.82) is 0 Å². The molecule has 0 amide bonds. The second-order valence-corrected chi connectivity index (χ2v) is 10.4. The van der Waals surface area contributed by atoms with E-state index in [0.29, 0.717) is 13.0 Å². The molecule has 9 heteroatoms. The number of aromatic hydroxyl groups is 1. The fourth-order valence-corrected chi connectivity index (χ4v) is 5.71. The Labute approximate surface area is 216 Å². The van der Waals surface area contributed by atoms with Crippen molar-refractivity contribution in [3.63, 3.8) is 0 Å². The summed E-state index contributed by atoms with van der Waals surface area (Å²) in [6, 6.07) is 18.6. The Balaban J connectivity index is 1.86. The fourth-order valence-electron chi connectivity index (χ4n) is 4.36. The molecule has 0 saturated carbocycles. The zero-order chi connectivity index (χ0) is 26.6. The zero-order valence-corrected chi connectivity index (χ0v) is 21.8. The molecule has 37 heavy (non-hydrogen) atoms. The van der Waals surface area contributed by atoms with Gasteiger partial charge in [0.25, 0.3) is 5.56 Å². The van der Waals surface area contributed by atoms with Crippen molar-refractivity contribution in [3.05, 3.63) is 100 Å². The van der Waals surface area contributed by atoms with E-state index in [4.69, 9.17) is 4.74 Å². The van der Waals surface area contributed by atoms with Crippen LogP contribution in [0.1, 0.15) is 43.4 Å². The van der Waals surface area contributed by atoms with Gasteiger partial charge in [-0.25, -0.2) is 8.42 Å². The lowest BCUT2D eigenvalue weighted by molar-refractivity contribution is 0.122. The summed E-state index contributed by atoms with van der Waals surface area (Å²) in [6.45, 7) is 5.87. The lowest BCUT2D eigenvalue weighted by Crippen LogP contribution is -2.33. The van der Waals surface area contributed by atoms with Gasteiger partial charge in [0.1, 0.15) is 12.4 Å². The third kappa shape index (κ3) is 5.19. The van der Waals surface area contributed by atoms with Gasteiger partial charge >= 0.3 is 0 Å². The Hall–Kier alpha value is -3.82. The molecule has 1 N–H and O–H groups in total. The molecule has 0 aliphatic heterocycles. The third-order valence-electron chi connectivity index (χ3n) is 6.20. The van der Waals surface area contributed by atoms with Gasteiger partial charge in [-0.05, 0) is 49.6 Å². The lowest BCUT2D eigenvalue weighted by atomic mass is 10.0. The Bertz CT molecular complexity index is 1550. The predicted molar refractivity (Wildman–Crippen MR) is 140 cm³/mol. The average molecular weight is 520 g/mol. The molecule has 0 radical (unpaired) electrons. The highest BCUT2D eigenvalue weighted by Gasteiger charge is 2.31. The summed E-state index contributed by atoms with van der Waals surface area (Å²) >= 11 is 0. The van der Waals surface area contributed by atoms with Crippen LogP contribution in [0.5, 0.6) is 5.88 Å². The lowest BCUT2D eigenvalue weighted by Gasteiger charge is -2.23. The number of aromatic nitrogens is 3. The second kappa shape index (κ2) is 11.1. The maximum Gasteiger partial charge on any atom is 0.277 e. The Morgan fingerprint density at radius 1 is 1.00 bits per heavy atom. The summed E-state index contributed by atoms with van der Waals surface area (Å²) in [5, 5.41) is 10.7. The van der Waals surface area contributed by atoms with Crippen molar-refractivity contribution in [1.82, 2.24) is 14.5 Å². The molecule has 0 bridgehead atoms. The average Bonchev–Trinajstić information content (AvgIpc) is 2.90. The van der Waals surface area contributed by atoms with Crippen LogP contribution < -0.4 is 5.56 Å². The first-order valence-electron chi connectivity index (χ1n) is 12.0. The number of nitrogens with zero attached hydrogens (tertiary/aromatic N) is 3. The van der Waals surface area contributed by atoms with Crippen molar-refractivity contribution in [3.8, 4) is 17.0 Å². The highest BCUT2D eigenvalue weighted by atomic mass is 32.2. The number of pyridine rings is 1. The van der Waals surface area contributed by atoms with Crippen LogP contribution in [0, 0.1) is 6.92 Å². The Kier molecular flexibility index (Phi) is 7.85. The summed E-state index contributed by atoms with van der Waals surface area (Å²) in [7, 11) is -4.40. The van der Waals surface area contributed by atoms with Crippen LogP contribution in [0.3, 0.4) is 0 Å². The van der Waals surface area contributed by atoms with Crippen molar-refractivity contribution >= 4 is 9.84 Å². The van der Waals surface area contributed by atoms with E-state index in [1.165, 1.54) is 16.7 Å². The summed E-state index contributed by atoms with van der Waals surface area (Å²) in [5.74, 6) is -0.688. The molecule has 0 spiro atoms. The number of rotatable bonds is 9. The van der Waals surface area contributed by atoms with Crippen molar-refractivity contribution in [2.75, 3.05) is 6.61 Å². The van der Waals surface area contributed by atoms with Crippen LogP contribution in [-0.2, 0) is 21.2 Å². The molecule has 0 aliphatic rings. The monoisotopic (exact) mass is 519 g/mol. The molecule has 0 saturated heterocycles. The van der Waals surface area contributed by atoms with Gasteiger partial charge < -0.3 is 9.84 Å². The molecule has 0 fully saturated rings. The molecule has 1 atom stereocenters. The van der Waals surface area contributed by atoms with Crippen LogP contribution >= 0.6 is 0 Å². The molecule has 2 heterocycles. The second-order valence-electron chi connectivity index (χ2n) is 8.49. The quantitative estimate of drug-likeness (QED) is 0.341. The van der Waals surface area contributed by atoms with Gasteiger partial charge in [0.15, 0.2) is 4.90 Å². The first kappa shape index (κ1) is 26.2. The van der Waals surface area contributed by atoms with E-state index in [0.717, 1.165) is 22.4 Å². The molecule has 4 aromatic rings. The molecule has 2 aromatic heterocycles. The van der Waals surface area contributed by atoms with Crippen LogP contribution in [0.15, 0.2) is 87.5 Å². The number of hydrogen-bond donors (Lipinski definition) is 1. The van der Waals surface area contributed by atoms with E-state index < -0.39 is 32.2 Å². The van der Waals surface area contributed by atoms with Gasteiger partial charge in [-0.3, -0.25) is 14.3 Å². The van der Waals surface area contributed by atoms with Gasteiger partial charge in [-0.2, -0.15) is 4.98 Å². The van der Waals surface area contributed by atoms with Crippen LogP contribution in [-0.4, -0.2) is 34.7 Å². The van der Waals surface area contributed by atoms with E-state index >= 15 is 0 Å². The third-order valence-corrected chi connectivity index (χ3v) is 7.99. The van der Waals surface area contributed by atoms with E-state index in [9.17, 15) is 18.3 Å². The minimum Gasteiger partial charge on any atom is -0.492 e. The SMILES string of the molecule is CCOCc1nc(O)c(S(=O)(=O)c2ccc(-c3cccnc3C)cc2)c(=O)n1[C@@H](CC)c1ccccc1. The minimum absolute atomic E-state index is 0.0535. The Morgan fingerprint density at radius 2 is 1.70 bits per heavy atom. The van der Waals surface area contributed by atoms with Crippen molar-refractivity contribution in [2.24, 2.45) is 0 Å². The summed E-state index contributed by atoms with van der Waals surface area (Å²) in [4.78, 5) is 21.4. The standard InChI is InChI=1S/C28H29N3O5S/c1-4-24(21-10-7-6-8-11-21)31-25(18-36-5-2)30-27(32)26(28(31)33)37(34,35)22-15-13-20(14-16-22)23-12-9-17-29-19(23)3/h6-17,24,32H,4-5,18H2,1-3H3/t24-/m0/s1. The predicted octanol–water partition coefficient (Wildman–Crippen LogP) is 4.69. The van der Waals surface area contributed by atoms with Crippen LogP contribution in [0.25, 0.3) is 11.1 Å². The number of ether oxygens (including phenoxy) is 1. The highest BCUT2D eigenvalue weighted by Crippen LogP contribution is 2.30. The molecule has 192 valence electrons. The van der Waals surface area contributed by atoms with Gasteiger partial charge in [0.05, 0.1) is 10.9 Å². The summed E-state index contributed by atoms with van der Waals surface area (Å²) in [6.07, 6.45) is 2.18. The molecule has 0 unspecified atom stereocenters. The Morgan fingerprint density at radius 3 is 2.32 bits per heavy atom. The van der Waals surface area contributed by atoms with Crippen LogP contribution in [0.4, 0.5) is 0 Å². The number of hydrogen-bond acceptors (Lipinski definition) is 7. The normalized spacial score (nSPS) is 12.4. The largest absolute Gasteiger partial charge is 0.492 e. The molecule has 8 nitrogen and oxygen atoms in total. The molecular formula is C28H29N3O5S. The maximum atomic E-state index is 13.8. The van der Waals surface area contributed by atoms with Crippen molar-refractivity contribution in [2.45, 2.75) is 49.6 Å². The van der Waals surface area contributed by atoms with Gasteiger partial charge in [-0.1, -0.05) is 55.5 Å². The topological polar surface area (TPSA) is 111 Å². The maximum absolute atomic E-state index is 13.8. The smallest absolute Gasteiger partial charge is 0.277 e. The first-order valence-corrected chi connectivity index (χ1v) is 13.5. The van der Waals surface area contributed by atoms with Gasteiger partial charge in [0.2, 0.25) is 15.7 Å². The summed E-state index contributed by atoms with van der Waals surface area (Å²) in [5.41, 5.74) is 2.43. The number of sulfone groups is 1. The van der Waals surface area contributed by atoms with Crippen LogP contribution in [0.2, 0.25) is 0 Å². The van der Waals surface area contributed by atoms with E-state index in [1.807, 2.05) is 50.2 Å². The molecule has 4 rings (SSSR count). The van der Waals surface area contributed by atoms with E-state index in [2.05, 4.69) is 9.97 Å². The first-order chi connectivity index (χ1) is 17.8. The van der Waals surface area contributed by atoms with Gasteiger partial charge in [0, 0.05) is 24.1 Å². The molecule has 2 aromatic carbocycles. The molecular weight excluding hydrogens is 490 g/mol. The zero-order valence-electron chi connectivity index (χ0n) is 21.0. The van der Waals surface area contributed by atoms with Crippen molar-refractivity contribution < 1.29 is 18.3 Å². The van der Waals surface area contributed by atoms with E-state index in [-0.39, 0.29) is 17.3 Å². The number of benzene rings is 2. The van der Waals surface area contributed by atoms with Gasteiger partial charge in [-0.15, -0.1) is 0 Å². The minimum atomic E-state index is -4.40. The van der Waals surface area contributed by atoms with E-state index in [1.54, 1.807) is 31.3 Å². The number of aryl methyl sites for hydroxylation is 1. The fraction of sp³-hybridized carbons (Fsp3) is 0.250.